The van der Waals surface area contributed by atoms with Gasteiger partial charge in [-0.15, -0.1) is 0 Å². The molecule has 1 aromatic heterocycles. The van der Waals surface area contributed by atoms with Crippen molar-refractivity contribution in [2.24, 2.45) is 0 Å². The molecule has 5 nitrogen and oxygen atoms in total. The molecule has 0 aliphatic carbocycles. The predicted octanol–water partition coefficient (Wildman–Crippen LogP) is 3.34. The summed E-state index contributed by atoms with van der Waals surface area (Å²) in [5.74, 6) is 1.40. The molecule has 5 heteroatoms. The van der Waals surface area contributed by atoms with Gasteiger partial charge < -0.3 is 18.8 Å². The van der Waals surface area contributed by atoms with Crippen LogP contribution in [0.15, 0.2) is 29.1 Å². The van der Waals surface area contributed by atoms with Gasteiger partial charge in [0.05, 0.1) is 18.9 Å². The third kappa shape index (κ3) is 3.12. The van der Waals surface area contributed by atoms with Crippen molar-refractivity contribution < 1.29 is 14.2 Å². The van der Waals surface area contributed by atoms with E-state index in [4.69, 9.17) is 14.2 Å². The molecule has 2 aliphatic heterocycles. The molecule has 0 N–H and O–H groups in total. The van der Waals surface area contributed by atoms with Crippen LogP contribution >= 0.6 is 0 Å². The molecule has 1 unspecified atom stereocenters. The Kier molecular flexibility index (Phi) is 4.72. The van der Waals surface area contributed by atoms with Gasteiger partial charge in [-0.3, -0.25) is 4.79 Å². The lowest BCUT2D eigenvalue weighted by Gasteiger charge is -2.26. The second-order valence-corrected chi connectivity index (χ2v) is 7.05. The van der Waals surface area contributed by atoms with Crippen LogP contribution in [0.4, 0.5) is 0 Å². The average molecular weight is 355 g/mol. The average Bonchev–Trinajstić information content (AvgIpc) is 2.67. The van der Waals surface area contributed by atoms with Crippen LogP contribution in [0, 0.1) is 6.92 Å². The van der Waals surface area contributed by atoms with E-state index in [0.717, 1.165) is 42.9 Å². The van der Waals surface area contributed by atoms with Gasteiger partial charge >= 0.3 is 0 Å². The van der Waals surface area contributed by atoms with Crippen LogP contribution in [0.3, 0.4) is 0 Å². The van der Waals surface area contributed by atoms with Crippen LogP contribution in [-0.2, 0) is 17.7 Å². The van der Waals surface area contributed by atoms with Gasteiger partial charge in [0.1, 0.15) is 18.1 Å². The molecule has 2 aromatic rings. The monoisotopic (exact) mass is 355 g/mol. The van der Waals surface area contributed by atoms with Crippen LogP contribution in [0.5, 0.6) is 11.5 Å². The van der Waals surface area contributed by atoms with Gasteiger partial charge in [0.25, 0.3) is 5.56 Å². The minimum atomic E-state index is -0.0312. The first-order chi connectivity index (χ1) is 12.7. The number of methoxy groups -OCH3 is 1. The highest BCUT2D eigenvalue weighted by molar-refractivity contribution is 5.75. The molecule has 138 valence electrons. The minimum absolute atomic E-state index is 0.0312. The SMILES string of the molecule is COc1ccc(C)c2c1-c1cc(OCC3CCCCO3)cc(=O)n1CC2. The predicted molar refractivity (Wildman–Crippen MR) is 100 cm³/mol. The number of benzene rings is 1. The zero-order valence-corrected chi connectivity index (χ0v) is 15.4. The van der Waals surface area contributed by atoms with Gasteiger partial charge in [-0.25, -0.2) is 0 Å². The van der Waals surface area contributed by atoms with Crippen LogP contribution in [0.2, 0.25) is 0 Å². The Morgan fingerprint density at radius 3 is 2.92 bits per heavy atom. The van der Waals surface area contributed by atoms with Gasteiger partial charge in [-0.05, 0) is 49.8 Å². The highest BCUT2D eigenvalue weighted by Crippen LogP contribution is 2.39. The largest absolute Gasteiger partial charge is 0.496 e. The van der Waals surface area contributed by atoms with Gasteiger partial charge in [0, 0.05) is 30.8 Å². The van der Waals surface area contributed by atoms with Crippen molar-refractivity contribution in [1.82, 2.24) is 4.57 Å². The topological polar surface area (TPSA) is 49.7 Å². The number of aryl methyl sites for hydroxylation is 1. The maximum absolute atomic E-state index is 12.6. The zero-order chi connectivity index (χ0) is 18.1. The summed E-state index contributed by atoms with van der Waals surface area (Å²) in [5.41, 5.74) is 4.32. The zero-order valence-electron chi connectivity index (χ0n) is 15.4. The molecule has 0 radical (unpaired) electrons. The van der Waals surface area contributed by atoms with E-state index in [1.807, 2.05) is 16.7 Å². The molecule has 0 saturated carbocycles. The maximum atomic E-state index is 12.6. The standard InChI is InChI=1S/C21H25NO4/c1-14-6-7-19(24-2)21-17(14)8-9-22-18(21)11-16(12-20(22)23)26-13-15-5-3-4-10-25-15/h6-7,11-12,15H,3-5,8-10,13H2,1-2H3. The van der Waals surface area contributed by atoms with Crippen LogP contribution in [0.1, 0.15) is 30.4 Å². The van der Waals surface area contributed by atoms with Crippen molar-refractivity contribution in [1.29, 1.82) is 0 Å². The third-order valence-electron chi connectivity index (χ3n) is 5.38. The first-order valence-electron chi connectivity index (χ1n) is 9.33. The fraction of sp³-hybridized carbons (Fsp3) is 0.476. The Hall–Kier alpha value is -2.27. The molecule has 0 spiro atoms. The van der Waals surface area contributed by atoms with Gasteiger partial charge in [0.15, 0.2) is 0 Å². The fourth-order valence-electron chi connectivity index (χ4n) is 3.95. The Bertz CT molecular complexity index is 865. The molecule has 1 saturated heterocycles. The normalized spacial score (nSPS) is 18.8. The molecule has 3 heterocycles. The number of rotatable bonds is 4. The number of nitrogens with zero attached hydrogens (tertiary/aromatic N) is 1. The lowest BCUT2D eigenvalue weighted by atomic mass is 9.92. The summed E-state index contributed by atoms with van der Waals surface area (Å²) in [5, 5.41) is 0. The molecule has 4 rings (SSSR count). The Balaban J connectivity index is 1.70. The van der Waals surface area contributed by atoms with Crippen LogP contribution < -0.4 is 15.0 Å². The van der Waals surface area contributed by atoms with Gasteiger partial charge in [-0.2, -0.15) is 0 Å². The Morgan fingerprint density at radius 2 is 2.15 bits per heavy atom. The molecule has 0 amide bonds. The number of aromatic nitrogens is 1. The quantitative estimate of drug-likeness (QED) is 0.844. The molecular formula is C21H25NO4. The maximum Gasteiger partial charge on any atom is 0.254 e. The number of pyridine rings is 1. The van der Waals surface area contributed by atoms with Crippen molar-refractivity contribution in [3.8, 4) is 22.8 Å². The van der Waals surface area contributed by atoms with E-state index < -0.39 is 0 Å². The molecule has 1 fully saturated rings. The van der Waals surface area contributed by atoms with Gasteiger partial charge in [-0.1, -0.05) is 6.07 Å². The van der Waals surface area contributed by atoms with E-state index in [9.17, 15) is 4.79 Å². The molecular weight excluding hydrogens is 330 g/mol. The number of hydrogen-bond donors (Lipinski definition) is 0. The first kappa shape index (κ1) is 17.2. The minimum Gasteiger partial charge on any atom is -0.496 e. The van der Waals surface area contributed by atoms with E-state index >= 15 is 0 Å². The smallest absolute Gasteiger partial charge is 0.254 e. The summed E-state index contributed by atoms with van der Waals surface area (Å²) < 4.78 is 19.1. The molecule has 1 aromatic carbocycles. The highest BCUT2D eigenvalue weighted by Gasteiger charge is 2.23. The number of ether oxygens (including phenoxy) is 3. The lowest BCUT2D eigenvalue weighted by molar-refractivity contribution is -0.0111. The summed E-state index contributed by atoms with van der Waals surface area (Å²) in [4.78, 5) is 12.6. The second-order valence-electron chi connectivity index (χ2n) is 7.05. The number of fused-ring (bicyclic) bond motifs is 3. The molecule has 0 bridgehead atoms. The Labute approximate surface area is 153 Å². The second kappa shape index (κ2) is 7.16. The van der Waals surface area contributed by atoms with Crippen LogP contribution in [0.25, 0.3) is 11.3 Å². The molecule has 26 heavy (non-hydrogen) atoms. The van der Waals surface area contributed by atoms with E-state index in [0.29, 0.717) is 18.9 Å². The summed E-state index contributed by atoms with van der Waals surface area (Å²) in [6.07, 6.45) is 4.25. The Morgan fingerprint density at radius 1 is 1.27 bits per heavy atom. The summed E-state index contributed by atoms with van der Waals surface area (Å²) in [6.45, 7) is 4.07. The molecule has 1 atom stereocenters. The summed E-state index contributed by atoms with van der Waals surface area (Å²) >= 11 is 0. The van der Waals surface area contributed by atoms with Crippen molar-refractivity contribution in [3.05, 3.63) is 45.7 Å². The van der Waals surface area contributed by atoms with Crippen molar-refractivity contribution >= 4 is 0 Å². The van der Waals surface area contributed by atoms with Gasteiger partial charge in [0.2, 0.25) is 0 Å². The fourth-order valence-corrected chi connectivity index (χ4v) is 3.95. The number of hydrogen-bond acceptors (Lipinski definition) is 4. The summed E-state index contributed by atoms with van der Waals surface area (Å²) in [7, 11) is 1.67. The van der Waals surface area contributed by atoms with Crippen molar-refractivity contribution in [2.75, 3.05) is 20.3 Å². The van der Waals surface area contributed by atoms with E-state index in [2.05, 4.69) is 13.0 Å². The lowest BCUT2D eigenvalue weighted by Crippen LogP contribution is -2.28. The van der Waals surface area contributed by atoms with E-state index in [1.54, 1.807) is 13.2 Å². The first-order valence-corrected chi connectivity index (χ1v) is 9.33. The van der Waals surface area contributed by atoms with E-state index in [-0.39, 0.29) is 11.7 Å². The summed E-state index contributed by atoms with van der Waals surface area (Å²) in [6, 6.07) is 7.59. The highest BCUT2D eigenvalue weighted by atomic mass is 16.5. The van der Waals surface area contributed by atoms with Crippen molar-refractivity contribution in [3.63, 3.8) is 0 Å². The molecule has 2 aliphatic rings. The van der Waals surface area contributed by atoms with E-state index in [1.165, 1.54) is 17.5 Å². The van der Waals surface area contributed by atoms with Crippen molar-refractivity contribution in [2.45, 2.75) is 45.3 Å². The van der Waals surface area contributed by atoms with Crippen LogP contribution in [-0.4, -0.2) is 31.0 Å². The third-order valence-corrected chi connectivity index (χ3v) is 5.38.